The molecule has 1 aromatic heterocycles. The maximum atomic E-state index is 12.3. The predicted octanol–water partition coefficient (Wildman–Crippen LogP) is 0.737. The molecular formula is C18H25N2O13P3. The number of hydrogen-bond acceptors (Lipinski definition) is 9. The Balaban J connectivity index is 2.06. The van der Waals surface area contributed by atoms with E-state index in [-0.39, 0.29) is 18.4 Å². The number of terminal acetylenes is 1. The molecule has 1 aromatic rings. The first-order valence-corrected chi connectivity index (χ1v) is 14.9. The van der Waals surface area contributed by atoms with Crippen molar-refractivity contribution in [3.8, 4) is 24.2 Å². The van der Waals surface area contributed by atoms with E-state index in [1.165, 1.54) is 6.20 Å². The van der Waals surface area contributed by atoms with Gasteiger partial charge in [-0.3, -0.25) is 18.9 Å². The van der Waals surface area contributed by atoms with E-state index >= 15 is 0 Å². The van der Waals surface area contributed by atoms with E-state index in [0.29, 0.717) is 12.8 Å². The number of nitrogens with one attached hydrogen (secondary N) is 1. The Kier molecular flexibility index (Phi) is 10.6. The number of phosphoric ester groups is 1. The number of aromatic nitrogens is 2. The summed E-state index contributed by atoms with van der Waals surface area (Å²) in [7, 11) is -16.6. The molecule has 0 aromatic carbocycles. The molecule has 1 aliphatic carbocycles. The number of phosphoric acid groups is 3. The van der Waals surface area contributed by atoms with Crippen molar-refractivity contribution in [2.45, 2.75) is 50.7 Å². The zero-order valence-electron chi connectivity index (χ0n) is 18.6. The molecule has 2 rings (SSSR count). The number of aromatic amines is 1. The number of nitrogens with zero attached hydrogens (tertiary/aromatic N) is 1. The molecule has 1 aliphatic rings. The fourth-order valence-corrected chi connectivity index (χ4v) is 6.49. The van der Waals surface area contributed by atoms with Gasteiger partial charge in [0.1, 0.15) is 5.56 Å². The van der Waals surface area contributed by atoms with Gasteiger partial charge in [0.25, 0.3) is 5.56 Å². The summed E-state index contributed by atoms with van der Waals surface area (Å²) in [5, 5.41) is 10.3. The number of aliphatic hydroxyl groups is 1. The third-order valence-corrected chi connectivity index (χ3v) is 8.76. The molecule has 0 saturated heterocycles. The second kappa shape index (κ2) is 12.6. The molecule has 1 heterocycles. The highest BCUT2D eigenvalue weighted by atomic mass is 31.3. The molecule has 15 nitrogen and oxygen atoms in total. The van der Waals surface area contributed by atoms with Gasteiger partial charge >= 0.3 is 29.2 Å². The lowest BCUT2D eigenvalue weighted by Crippen LogP contribution is -2.33. The molecule has 200 valence electrons. The molecular weight excluding hydrogens is 545 g/mol. The van der Waals surface area contributed by atoms with Crippen LogP contribution in [-0.4, -0.2) is 46.9 Å². The molecule has 0 amide bonds. The van der Waals surface area contributed by atoms with E-state index in [0.717, 1.165) is 17.4 Å². The average molecular weight is 570 g/mol. The number of hydrogen-bond donors (Lipinski definition) is 6. The molecule has 1 fully saturated rings. The van der Waals surface area contributed by atoms with Gasteiger partial charge in [-0.15, -0.1) is 12.3 Å². The Morgan fingerprint density at radius 1 is 1.06 bits per heavy atom. The van der Waals surface area contributed by atoms with E-state index in [9.17, 15) is 38.2 Å². The van der Waals surface area contributed by atoms with Gasteiger partial charge in [0.15, 0.2) is 0 Å². The van der Waals surface area contributed by atoms with Crippen LogP contribution in [0.15, 0.2) is 15.8 Å². The number of H-pyrrole nitrogens is 1. The first-order chi connectivity index (χ1) is 16.6. The molecule has 0 bridgehead atoms. The zero-order valence-corrected chi connectivity index (χ0v) is 21.3. The number of unbranched alkanes of at least 4 members (excludes halogenated alkanes) is 3. The lowest BCUT2D eigenvalue weighted by atomic mass is 10.1. The van der Waals surface area contributed by atoms with Crippen LogP contribution in [0.3, 0.4) is 0 Å². The Hall–Kier alpha value is -1.83. The lowest BCUT2D eigenvalue weighted by molar-refractivity contribution is 0.0834. The predicted molar refractivity (Wildman–Crippen MR) is 123 cm³/mol. The topological polar surface area (TPSA) is 235 Å². The summed E-state index contributed by atoms with van der Waals surface area (Å²) in [6.45, 7) is -0.691. The minimum absolute atomic E-state index is 0.00463. The third-order valence-electron chi connectivity index (χ3n) is 4.96. The van der Waals surface area contributed by atoms with Gasteiger partial charge in [-0.1, -0.05) is 11.8 Å². The van der Waals surface area contributed by atoms with Gasteiger partial charge in [-0.05, 0) is 25.7 Å². The smallest absolute Gasteiger partial charge is 0.393 e. The Morgan fingerprint density at radius 3 is 2.36 bits per heavy atom. The van der Waals surface area contributed by atoms with Gasteiger partial charge in [0.2, 0.25) is 0 Å². The summed E-state index contributed by atoms with van der Waals surface area (Å²) in [6.07, 6.45) is 7.92. The largest absolute Gasteiger partial charge is 0.490 e. The van der Waals surface area contributed by atoms with Crippen molar-refractivity contribution in [1.82, 2.24) is 9.55 Å². The van der Waals surface area contributed by atoms with Crippen molar-refractivity contribution in [2.24, 2.45) is 5.92 Å². The Morgan fingerprint density at radius 2 is 1.72 bits per heavy atom. The molecule has 1 saturated carbocycles. The molecule has 0 radical (unpaired) electrons. The highest BCUT2D eigenvalue weighted by molar-refractivity contribution is 7.66. The minimum atomic E-state index is -5.67. The summed E-state index contributed by atoms with van der Waals surface area (Å²) < 4.78 is 47.0. The summed E-state index contributed by atoms with van der Waals surface area (Å²) >= 11 is 0. The normalized spacial score (nSPS) is 23.2. The highest BCUT2D eigenvalue weighted by Gasteiger charge is 2.42. The van der Waals surface area contributed by atoms with Crippen LogP contribution < -0.4 is 11.2 Å². The first kappa shape index (κ1) is 30.4. The van der Waals surface area contributed by atoms with E-state index in [4.69, 9.17) is 16.2 Å². The number of aliphatic hydroxyl groups excluding tert-OH is 1. The second-order valence-corrected chi connectivity index (χ2v) is 12.2. The second-order valence-electron chi connectivity index (χ2n) is 7.76. The van der Waals surface area contributed by atoms with Crippen LogP contribution in [0.1, 0.15) is 50.1 Å². The van der Waals surface area contributed by atoms with E-state index < -0.39 is 59.4 Å². The minimum Gasteiger partial charge on any atom is -0.393 e. The third kappa shape index (κ3) is 9.91. The summed E-state index contributed by atoms with van der Waals surface area (Å²) in [5.74, 6) is 7.17. The highest BCUT2D eigenvalue weighted by Crippen LogP contribution is 2.66. The summed E-state index contributed by atoms with van der Waals surface area (Å²) in [6, 6.07) is -0.657. The van der Waals surface area contributed by atoms with Crippen molar-refractivity contribution >= 4 is 23.5 Å². The van der Waals surface area contributed by atoms with Gasteiger partial charge in [0, 0.05) is 31.0 Å². The maximum absolute atomic E-state index is 12.3. The maximum Gasteiger partial charge on any atom is 0.490 e. The first-order valence-electron chi connectivity index (χ1n) is 10.4. The molecule has 2 unspecified atom stereocenters. The molecule has 6 N–H and O–H groups in total. The van der Waals surface area contributed by atoms with Crippen molar-refractivity contribution in [3.05, 3.63) is 32.6 Å². The monoisotopic (exact) mass is 570 g/mol. The van der Waals surface area contributed by atoms with E-state index in [1.807, 2.05) is 0 Å². The Bertz CT molecular complexity index is 1300. The quantitative estimate of drug-likeness (QED) is 0.122. The van der Waals surface area contributed by atoms with Crippen LogP contribution in [0.25, 0.3) is 0 Å². The fraction of sp³-hybridized carbons (Fsp3) is 0.556. The SMILES string of the molecule is C#CCCCCC#Cc1cn([C@@H]2C[C@H](COP(=O)(O)OP(=O)(O)OP(=O)(O)O)[C@H](O)C2)c(=O)[nH]c1=O. The summed E-state index contributed by atoms with van der Waals surface area (Å²) in [5.41, 5.74) is -1.42. The van der Waals surface area contributed by atoms with Crippen molar-refractivity contribution < 1.29 is 51.5 Å². The van der Waals surface area contributed by atoms with Crippen LogP contribution in [0.4, 0.5) is 0 Å². The number of rotatable bonds is 11. The van der Waals surface area contributed by atoms with E-state index in [1.54, 1.807) is 0 Å². The molecule has 18 heteroatoms. The van der Waals surface area contributed by atoms with E-state index in [2.05, 4.69) is 35.9 Å². The van der Waals surface area contributed by atoms with Gasteiger partial charge < -0.3 is 24.7 Å². The molecule has 0 spiro atoms. The Labute approximate surface area is 204 Å². The molecule has 5 atom stereocenters. The van der Waals surface area contributed by atoms with Crippen molar-refractivity contribution in [2.75, 3.05) is 6.61 Å². The molecule has 36 heavy (non-hydrogen) atoms. The van der Waals surface area contributed by atoms with Crippen LogP contribution in [0.2, 0.25) is 0 Å². The standard InChI is InChI=1S/C18H25N2O13P3/c1-2-3-4-5-6-7-8-13-11-20(18(23)19-17(13)22)15-9-14(16(21)10-15)12-31-35(27,28)33-36(29,30)32-34(24,25)26/h1,11,14-16,21H,3-6,9-10,12H2,(H,27,28)(H,29,30)(H,19,22,23)(H2,24,25,26)/t14-,15-,16-/m1/s1. The zero-order chi connectivity index (χ0) is 27.1. The average Bonchev–Trinajstić information content (AvgIpc) is 3.08. The van der Waals surface area contributed by atoms with Gasteiger partial charge in [-0.2, -0.15) is 8.62 Å². The van der Waals surface area contributed by atoms with Crippen molar-refractivity contribution in [1.29, 1.82) is 0 Å². The van der Waals surface area contributed by atoms with Crippen molar-refractivity contribution in [3.63, 3.8) is 0 Å². The lowest BCUT2D eigenvalue weighted by Gasteiger charge is -2.19. The van der Waals surface area contributed by atoms with Crippen LogP contribution in [-0.2, 0) is 26.8 Å². The molecule has 0 aliphatic heterocycles. The summed E-state index contributed by atoms with van der Waals surface area (Å²) in [4.78, 5) is 62.4. The van der Waals surface area contributed by atoms with Crippen LogP contribution in [0.5, 0.6) is 0 Å². The van der Waals surface area contributed by atoms with Crippen LogP contribution >= 0.6 is 23.5 Å². The van der Waals surface area contributed by atoms with Crippen LogP contribution in [0, 0.1) is 30.1 Å². The van der Waals surface area contributed by atoms with Gasteiger partial charge in [-0.25, -0.2) is 18.5 Å². The fourth-order valence-electron chi connectivity index (χ4n) is 3.42. The van der Waals surface area contributed by atoms with Gasteiger partial charge in [0.05, 0.1) is 12.7 Å².